The fourth-order valence-corrected chi connectivity index (χ4v) is 4.38. The second-order valence-corrected chi connectivity index (χ2v) is 6.95. The Morgan fingerprint density at radius 3 is 2.43 bits per heavy atom. The third-order valence-corrected chi connectivity index (χ3v) is 5.54. The van der Waals surface area contributed by atoms with Crippen LogP contribution in [-0.4, -0.2) is 41.4 Å². The molecule has 2 unspecified atom stereocenters. The van der Waals surface area contributed by atoms with Crippen LogP contribution in [0, 0.1) is 11.8 Å². The Hall–Kier alpha value is -1.68. The van der Waals surface area contributed by atoms with Gasteiger partial charge in [0.15, 0.2) is 0 Å². The predicted octanol–water partition coefficient (Wildman–Crippen LogP) is 2.93. The molecule has 0 amide bonds. The summed E-state index contributed by atoms with van der Waals surface area (Å²) >= 11 is 0. The van der Waals surface area contributed by atoms with Gasteiger partial charge in [-0.25, -0.2) is 0 Å². The van der Waals surface area contributed by atoms with Crippen LogP contribution in [0.25, 0.3) is 0 Å². The molecule has 3 rings (SSSR count). The first-order valence-corrected chi connectivity index (χ1v) is 8.68. The summed E-state index contributed by atoms with van der Waals surface area (Å²) in [6.07, 6.45) is 6.47. The summed E-state index contributed by atoms with van der Waals surface area (Å²) < 4.78 is 0. The molecule has 1 aliphatic heterocycles. The van der Waals surface area contributed by atoms with Crippen LogP contribution in [0.2, 0.25) is 0 Å². The third-order valence-electron chi connectivity index (χ3n) is 5.54. The third kappa shape index (κ3) is 3.47. The van der Waals surface area contributed by atoms with E-state index in [1.807, 2.05) is 30.3 Å². The standard InChI is InChI=1S/C19H25NO3/c21-13-16-11-20(12-17(16)14-7-3-1-4-8-14)18(19(22)23)15-9-5-2-6-10-15/h1,3-4,7-8,13,15-18H,2,5-6,9-12H2,(H,22,23)/t16?,17?,18-/m1/s1. The number of likely N-dealkylation sites (tertiary alicyclic amines) is 1. The molecule has 23 heavy (non-hydrogen) atoms. The van der Waals surface area contributed by atoms with Gasteiger partial charge in [-0.05, 0) is 24.3 Å². The number of carbonyl (C=O) groups is 2. The second-order valence-electron chi connectivity index (χ2n) is 6.95. The number of hydrogen-bond acceptors (Lipinski definition) is 3. The van der Waals surface area contributed by atoms with E-state index >= 15 is 0 Å². The first-order valence-electron chi connectivity index (χ1n) is 8.68. The number of nitrogens with zero attached hydrogens (tertiary/aromatic N) is 1. The van der Waals surface area contributed by atoms with Crippen molar-refractivity contribution in [3.63, 3.8) is 0 Å². The number of carboxylic acids is 1. The average molecular weight is 315 g/mol. The molecule has 1 saturated heterocycles. The first-order chi connectivity index (χ1) is 11.2. The highest BCUT2D eigenvalue weighted by molar-refractivity contribution is 5.74. The van der Waals surface area contributed by atoms with E-state index in [4.69, 9.17) is 0 Å². The minimum Gasteiger partial charge on any atom is -0.480 e. The molecular weight excluding hydrogens is 290 g/mol. The van der Waals surface area contributed by atoms with Crippen molar-refractivity contribution < 1.29 is 14.7 Å². The maximum Gasteiger partial charge on any atom is 0.321 e. The Balaban J connectivity index is 1.79. The van der Waals surface area contributed by atoms with Gasteiger partial charge in [0.1, 0.15) is 12.3 Å². The van der Waals surface area contributed by atoms with Gasteiger partial charge >= 0.3 is 5.97 Å². The number of carboxylic acid groups (broad SMARTS) is 1. The van der Waals surface area contributed by atoms with Gasteiger partial charge in [-0.1, -0.05) is 49.6 Å². The van der Waals surface area contributed by atoms with Crippen molar-refractivity contribution in [2.75, 3.05) is 13.1 Å². The normalized spacial score (nSPS) is 27.7. The van der Waals surface area contributed by atoms with Crippen LogP contribution >= 0.6 is 0 Å². The lowest BCUT2D eigenvalue weighted by molar-refractivity contribution is -0.145. The summed E-state index contributed by atoms with van der Waals surface area (Å²) in [6.45, 7) is 1.23. The highest BCUT2D eigenvalue weighted by atomic mass is 16.4. The Bertz CT molecular complexity index is 539. The lowest BCUT2D eigenvalue weighted by Gasteiger charge is -2.33. The Morgan fingerprint density at radius 2 is 1.83 bits per heavy atom. The molecule has 4 nitrogen and oxygen atoms in total. The van der Waals surface area contributed by atoms with E-state index in [1.165, 1.54) is 6.42 Å². The van der Waals surface area contributed by atoms with E-state index < -0.39 is 12.0 Å². The summed E-state index contributed by atoms with van der Waals surface area (Å²) in [5.41, 5.74) is 1.14. The van der Waals surface area contributed by atoms with E-state index in [0.29, 0.717) is 13.1 Å². The minimum absolute atomic E-state index is 0.108. The van der Waals surface area contributed by atoms with Crippen molar-refractivity contribution in [3.8, 4) is 0 Å². The largest absolute Gasteiger partial charge is 0.480 e. The monoisotopic (exact) mass is 315 g/mol. The van der Waals surface area contributed by atoms with Crippen LogP contribution in [-0.2, 0) is 9.59 Å². The Morgan fingerprint density at radius 1 is 1.13 bits per heavy atom. The van der Waals surface area contributed by atoms with Crippen LogP contribution in [0.5, 0.6) is 0 Å². The molecule has 1 aromatic carbocycles. The minimum atomic E-state index is -0.727. The van der Waals surface area contributed by atoms with Crippen molar-refractivity contribution in [2.45, 2.75) is 44.1 Å². The van der Waals surface area contributed by atoms with Crippen LogP contribution in [0.15, 0.2) is 30.3 Å². The Labute approximate surface area is 137 Å². The van der Waals surface area contributed by atoms with Gasteiger partial charge in [0.05, 0.1) is 0 Å². The van der Waals surface area contributed by atoms with Crippen LogP contribution in [0.4, 0.5) is 0 Å². The van der Waals surface area contributed by atoms with Gasteiger partial charge in [0.25, 0.3) is 0 Å². The van der Waals surface area contributed by atoms with E-state index in [9.17, 15) is 14.7 Å². The predicted molar refractivity (Wildman–Crippen MR) is 88.3 cm³/mol. The van der Waals surface area contributed by atoms with Gasteiger partial charge in [-0.3, -0.25) is 9.69 Å². The molecule has 1 saturated carbocycles. The molecule has 2 aliphatic rings. The summed E-state index contributed by atoms with van der Waals surface area (Å²) in [7, 11) is 0. The molecule has 3 atom stereocenters. The van der Waals surface area contributed by atoms with Crippen molar-refractivity contribution in [1.82, 2.24) is 4.90 Å². The van der Waals surface area contributed by atoms with Gasteiger partial charge in [0.2, 0.25) is 0 Å². The number of aldehydes is 1. The maximum atomic E-state index is 11.9. The number of carbonyl (C=O) groups excluding carboxylic acids is 1. The van der Waals surface area contributed by atoms with Gasteiger partial charge < -0.3 is 9.90 Å². The highest BCUT2D eigenvalue weighted by Crippen LogP contribution is 2.36. The van der Waals surface area contributed by atoms with E-state index in [-0.39, 0.29) is 17.8 Å². The summed E-state index contributed by atoms with van der Waals surface area (Å²) in [5.74, 6) is -0.500. The summed E-state index contributed by atoms with van der Waals surface area (Å²) in [6, 6.07) is 9.58. The zero-order valence-corrected chi connectivity index (χ0v) is 13.4. The number of hydrogen-bond donors (Lipinski definition) is 1. The quantitative estimate of drug-likeness (QED) is 0.849. The van der Waals surface area contributed by atoms with Crippen LogP contribution in [0.1, 0.15) is 43.6 Å². The summed E-state index contributed by atoms with van der Waals surface area (Å²) in [4.78, 5) is 25.5. The molecule has 1 aliphatic carbocycles. The van der Waals surface area contributed by atoms with E-state index in [1.54, 1.807) is 0 Å². The smallest absolute Gasteiger partial charge is 0.321 e. The molecule has 4 heteroatoms. The molecular formula is C19H25NO3. The molecule has 0 radical (unpaired) electrons. The molecule has 0 bridgehead atoms. The average Bonchev–Trinajstić information content (AvgIpc) is 3.00. The second kappa shape index (κ2) is 7.26. The van der Waals surface area contributed by atoms with Crippen LogP contribution < -0.4 is 0 Å². The van der Waals surface area contributed by atoms with Crippen molar-refractivity contribution in [2.24, 2.45) is 11.8 Å². The molecule has 0 spiro atoms. The van der Waals surface area contributed by atoms with Gasteiger partial charge in [0, 0.05) is 24.9 Å². The van der Waals surface area contributed by atoms with E-state index in [0.717, 1.165) is 37.5 Å². The highest BCUT2D eigenvalue weighted by Gasteiger charge is 2.42. The lowest BCUT2D eigenvalue weighted by atomic mass is 9.83. The summed E-state index contributed by atoms with van der Waals surface area (Å²) in [5, 5.41) is 9.77. The number of benzene rings is 1. The fourth-order valence-electron chi connectivity index (χ4n) is 4.38. The first kappa shape index (κ1) is 16.2. The number of rotatable bonds is 5. The zero-order chi connectivity index (χ0) is 16.2. The van der Waals surface area contributed by atoms with Gasteiger partial charge in [-0.15, -0.1) is 0 Å². The SMILES string of the molecule is O=CC1CN([C@@H](C(=O)O)C2CCCCC2)CC1c1ccccc1. The lowest BCUT2D eigenvalue weighted by Crippen LogP contribution is -2.46. The number of aliphatic carboxylic acids is 1. The van der Waals surface area contributed by atoms with Gasteiger partial charge in [-0.2, -0.15) is 0 Å². The fraction of sp³-hybridized carbons (Fsp3) is 0.579. The van der Waals surface area contributed by atoms with E-state index in [2.05, 4.69) is 4.90 Å². The van der Waals surface area contributed by atoms with Crippen LogP contribution in [0.3, 0.4) is 0 Å². The topological polar surface area (TPSA) is 57.6 Å². The molecule has 124 valence electrons. The molecule has 1 aromatic rings. The van der Waals surface area contributed by atoms with Crippen molar-refractivity contribution in [1.29, 1.82) is 0 Å². The zero-order valence-electron chi connectivity index (χ0n) is 13.4. The molecule has 1 N–H and O–H groups in total. The molecule has 1 heterocycles. The molecule has 2 fully saturated rings. The Kier molecular flexibility index (Phi) is 5.11. The van der Waals surface area contributed by atoms with Crippen molar-refractivity contribution >= 4 is 12.3 Å². The maximum absolute atomic E-state index is 11.9. The van der Waals surface area contributed by atoms with Crippen molar-refractivity contribution in [3.05, 3.63) is 35.9 Å². The molecule has 0 aromatic heterocycles.